The number of rotatable bonds is 4. The Bertz CT molecular complexity index is 1510. The van der Waals surface area contributed by atoms with Gasteiger partial charge in [-0.15, -0.1) is 0 Å². The van der Waals surface area contributed by atoms with Gasteiger partial charge in [0.1, 0.15) is 11.2 Å². The van der Waals surface area contributed by atoms with E-state index in [0.29, 0.717) is 23.9 Å². The third kappa shape index (κ3) is 3.59. The van der Waals surface area contributed by atoms with E-state index >= 15 is 0 Å². The Kier molecular flexibility index (Phi) is 5.14. The van der Waals surface area contributed by atoms with Crippen LogP contribution in [0, 0.1) is 5.92 Å². The molecule has 178 valence electrons. The smallest absolute Gasteiger partial charge is 0.322 e. The molecule has 1 spiro atoms. The van der Waals surface area contributed by atoms with E-state index in [1.807, 2.05) is 52.9 Å². The van der Waals surface area contributed by atoms with Crippen molar-refractivity contribution in [3.63, 3.8) is 0 Å². The summed E-state index contributed by atoms with van der Waals surface area (Å²) in [5.41, 5.74) is 4.89. The molecule has 2 N–H and O–H groups in total. The molecule has 10 heteroatoms. The molecule has 0 radical (unpaired) electrons. The van der Waals surface area contributed by atoms with Crippen molar-refractivity contribution in [1.29, 1.82) is 0 Å². The normalized spacial score (nSPS) is 22.4. The van der Waals surface area contributed by atoms with E-state index in [2.05, 4.69) is 17.7 Å². The fourth-order valence-corrected chi connectivity index (χ4v) is 5.81. The van der Waals surface area contributed by atoms with E-state index in [1.165, 1.54) is 11.8 Å². The number of hydrogen-bond acceptors (Lipinski definition) is 6. The molecule has 1 aliphatic carbocycles. The molecule has 2 fully saturated rings. The Labute approximate surface area is 205 Å². The van der Waals surface area contributed by atoms with Gasteiger partial charge in [-0.2, -0.15) is 5.01 Å². The third-order valence-electron chi connectivity index (χ3n) is 6.97. The van der Waals surface area contributed by atoms with E-state index in [4.69, 9.17) is 9.97 Å². The van der Waals surface area contributed by atoms with Crippen LogP contribution < -0.4 is 10.7 Å². The van der Waals surface area contributed by atoms with Gasteiger partial charge in [-0.3, -0.25) is 19.4 Å². The van der Waals surface area contributed by atoms with E-state index in [-0.39, 0.29) is 11.7 Å². The molecule has 2 aromatic carbocycles. The van der Waals surface area contributed by atoms with Crippen LogP contribution >= 0.6 is 11.8 Å². The average Bonchev–Trinajstić information content (AvgIpc) is 3.36. The van der Waals surface area contributed by atoms with Crippen LogP contribution in [0.3, 0.4) is 0 Å². The van der Waals surface area contributed by atoms with Gasteiger partial charge in [0.15, 0.2) is 5.16 Å². The number of benzene rings is 2. The van der Waals surface area contributed by atoms with Crippen molar-refractivity contribution >= 4 is 57.2 Å². The highest BCUT2D eigenvalue weighted by Crippen LogP contribution is 2.36. The first-order valence-corrected chi connectivity index (χ1v) is 12.7. The van der Waals surface area contributed by atoms with Crippen molar-refractivity contribution in [3.05, 3.63) is 48.5 Å². The van der Waals surface area contributed by atoms with Gasteiger partial charge in [0.25, 0.3) is 5.91 Å². The fraction of sp³-hybridized carbons (Fsp3) is 0.320. The lowest BCUT2D eigenvalue weighted by molar-refractivity contribution is -0.139. The average molecular weight is 489 g/mol. The summed E-state index contributed by atoms with van der Waals surface area (Å²) in [5.74, 6) is -0.323. The zero-order valence-corrected chi connectivity index (χ0v) is 20.0. The molecule has 0 unspecified atom stereocenters. The molecule has 3 heterocycles. The molecule has 1 aliphatic heterocycles. The van der Waals surface area contributed by atoms with Crippen LogP contribution in [0.15, 0.2) is 53.7 Å². The predicted octanol–water partition coefficient (Wildman–Crippen LogP) is 3.66. The maximum atomic E-state index is 13.0. The van der Waals surface area contributed by atoms with E-state index < -0.39 is 17.5 Å². The Balaban J connectivity index is 1.25. The molecule has 1 saturated heterocycles. The first-order chi connectivity index (χ1) is 16.9. The number of urea groups is 1. The summed E-state index contributed by atoms with van der Waals surface area (Å²) in [6, 6.07) is 15.0. The van der Waals surface area contributed by atoms with E-state index in [1.54, 1.807) is 0 Å². The number of carbonyl (C=O) groups excluding carboxylic acids is 3. The Morgan fingerprint density at radius 2 is 1.80 bits per heavy atom. The number of carbonyl (C=O) groups is 3. The summed E-state index contributed by atoms with van der Waals surface area (Å²) in [6.07, 6.45) is 2.91. The summed E-state index contributed by atoms with van der Waals surface area (Å²) >= 11 is 1.24. The number of imide groups is 1. The van der Waals surface area contributed by atoms with Gasteiger partial charge in [0.2, 0.25) is 5.91 Å². The summed E-state index contributed by atoms with van der Waals surface area (Å²) in [7, 11) is 0. The van der Waals surface area contributed by atoms with Crippen molar-refractivity contribution in [2.75, 3.05) is 5.75 Å². The lowest BCUT2D eigenvalue weighted by Crippen LogP contribution is -2.51. The first-order valence-electron chi connectivity index (χ1n) is 11.7. The second-order valence-electron chi connectivity index (χ2n) is 9.33. The zero-order valence-electron chi connectivity index (χ0n) is 19.2. The van der Waals surface area contributed by atoms with Crippen LogP contribution in [-0.2, 0) is 9.59 Å². The quantitative estimate of drug-likeness (QED) is 0.258. The van der Waals surface area contributed by atoms with Gasteiger partial charge in [0.05, 0.1) is 22.3 Å². The number of hydrazine groups is 1. The van der Waals surface area contributed by atoms with E-state index in [0.717, 1.165) is 45.4 Å². The highest BCUT2D eigenvalue weighted by Gasteiger charge is 2.52. The minimum atomic E-state index is -0.897. The largest absolute Gasteiger partial charge is 0.344 e. The van der Waals surface area contributed by atoms with Gasteiger partial charge >= 0.3 is 6.03 Å². The lowest BCUT2D eigenvalue weighted by Gasteiger charge is -2.33. The SMILES string of the molecule is CC1CCC2(CC1)NC(=O)N(NC(=O)CSc1nc3ccccc3c3nc4ccccc4n13)C2=O. The van der Waals surface area contributed by atoms with Crippen molar-refractivity contribution in [2.45, 2.75) is 43.3 Å². The molecule has 4 amide bonds. The lowest BCUT2D eigenvalue weighted by atomic mass is 9.77. The number of aromatic nitrogens is 3. The summed E-state index contributed by atoms with van der Waals surface area (Å²) in [5, 5.41) is 5.19. The van der Waals surface area contributed by atoms with Crippen LogP contribution in [0.25, 0.3) is 27.6 Å². The van der Waals surface area contributed by atoms with Crippen LogP contribution in [0.2, 0.25) is 0 Å². The molecule has 9 nitrogen and oxygen atoms in total. The minimum absolute atomic E-state index is 0.0198. The Morgan fingerprint density at radius 3 is 2.60 bits per heavy atom. The molecule has 4 aromatic rings. The van der Waals surface area contributed by atoms with Gasteiger partial charge in [0, 0.05) is 5.39 Å². The molecule has 2 aromatic heterocycles. The third-order valence-corrected chi connectivity index (χ3v) is 7.91. The summed E-state index contributed by atoms with van der Waals surface area (Å²) in [4.78, 5) is 48.0. The van der Waals surface area contributed by atoms with Gasteiger partial charge in [-0.05, 0) is 55.9 Å². The molecular weight excluding hydrogens is 464 g/mol. The molecule has 2 aliphatic rings. The van der Waals surface area contributed by atoms with E-state index in [9.17, 15) is 14.4 Å². The molecule has 35 heavy (non-hydrogen) atoms. The van der Waals surface area contributed by atoms with Crippen molar-refractivity contribution < 1.29 is 14.4 Å². The van der Waals surface area contributed by atoms with Crippen LogP contribution in [0.1, 0.15) is 32.6 Å². The second-order valence-corrected chi connectivity index (χ2v) is 10.3. The van der Waals surface area contributed by atoms with Gasteiger partial charge in [-0.25, -0.2) is 14.8 Å². The maximum absolute atomic E-state index is 13.0. The fourth-order valence-electron chi connectivity index (χ4n) is 5.01. The number of hydrogen-bond donors (Lipinski definition) is 2. The molecule has 0 bridgehead atoms. The monoisotopic (exact) mass is 488 g/mol. The van der Waals surface area contributed by atoms with Crippen molar-refractivity contribution in [1.82, 2.24) is 30.1 Å². The number of para-hydroxylation sites is 3. The minimum Gasteiger partial charge on any atom is -0.322 e. The Morgan fingerprint density at radius 1 is 1.09 bits per heavy atom. The second kappa shape index (κ2) is 8.23. The number of imidazole rings is 1. The number of nitrogens with zero attached hydrogens (tertiary/aromatic N) is 4. The Hall–Kier alpha value is -3.66. The predicted molar refractivity (Wildman–Crippen MR) is 133 cm³/mol. The highest BCUT2D eigenvalue weighted by molar-refractivity contribution is 7.99. The molecular formula is C25H24N6O3S. The zero-order chi connectivity index (χ0) is 24.2. The molecule has 6 rings (SSSR count). The number of amides is 4. The van der Waals surface area contributed by atoms with Crippen LogP contribution in [0.5, 0.6) is 0 Å². The van der Waals surface area contributed by atoms with Gasteiger partial charge in [-0.1, -0.05) is 43.0 Å². The topological polar surface area (TPSA) is 109 Å². The maximum Gasteiger partial charge on any atom is 0.344 e. The highest BCUT2D eigenvalue weighted by atomic mass is 32.2. The van der Waals surface area contributed by atoms with Crippen molar-refractivity contribution in [3.8, 4) is 0 Å². The van der Waals surface area contributed by atoms with Gasteiger partial charge < -0.3 is 5.32 Å². The molecule has 1 saturated carbocycles. The first kappa shape index (κ1) is 21.8. The number of fused-ring (bicyclic) bond motifs is 5. The number of nitrogens with one attached hydrogen (secondary N) is 2. The van der Waals surface area contributed by atoms with Crippen molar-refractivity contribution in [2.24, 2.45) is 5.92 Å². The van der Waals surface area contributed by atoms with Crippen LogP contribution in [-0.4, -0.2) is 48.5 Å². The number of thioether (sulfide) groups is 1. The summed E-state index contributed by atoms with van der Waals surface area (Å²) in [6.45, 7) is 2.14. The van der Waals surface area contributed by atoms with Crippen LogP contribution in [0.4, 0.5) is 4.79 Å². The standard InChI is InChI=1S/C25H24N6O3S/c1-15-10-12-25(13-11-15)22(33)31(23(34)28-25)29-20(32)14-35-24-27-17-7-3-2-6-16(17)21-26-18-8-4-5-9-19(18)30(21)24/h2-9,15H,10-14H2,1H3,(H,28,34)(H,29,32). The molecule has 0 atom stereocenters. The summed E-state index contributed by atoms with van der Waals surface area (Å²) < 4.78 is 1.95.